The van der Waals surface area contributed by atoms with Crippen molar-refractivity contribution < 1.29 is 4.79 Å². The highest BCUT2D eigenvalue weighted by Crippen LogP contribution is 2.28. The molecule has 2 aliphatic carbocycles. The van der Waals surface area contributed by atoms with Crippen LogP contribution in [0.25, 0.3) is 0 Å². The third-order valence-corrected chi connectivity index (χ3v) is 5.15. The van der Waals surface area contributed by atoms with E-state index < -0.39 is 0 Å². The highest BCUT2D eigenvalue weighted by molar-refractivity contribution is 6.20. The largest absolute Gasteiger partial charge is 0.356 e. The van der Waals surface area contributed by atoms with Gasteiger partial charge in [-0.1, -0.05) is 32.1 Å². The fourth-order valence-electron chi connectivity index (χ4n) is 3.57. The molecule has 0 saturated heterocycles. The van der Waals surface area contributed by atoms with E-state index in [9.17, 15) is 4.79 Å². The summed E-state index contributed by atoms with van der Waals surface area (Å²) in [7, 11) is 0. The summed E-state index contributed by atoms with van der Waals surface area (Å²) in [6.45, 7) is 0.842. The second kappa shape index (κ2) is 8.14. The van der Waals surface area contributed by atoms with Gasteiger partial charge in [0.2, 0.25) is 5.91 Å². The Labute approximate surface area is 122 Å². The first kappa shape index (κ1) is 15.2. The quantitative estimate of drug-likeness (QED) is 0.607. The monoisotopic (exact) mass is 285 g/mol. The lowest BCUT2D eigenvalue weighted by atomic mass is 9.88. The Hall–Kier alpha value is -0.240. The average molecular weight is 286 g/mol. The van der Waals surface area contributed by atoms with Crippen molar-refractivity contribution in [2.45, 2.75) is 76.0 Å². The van der Waals surface area contributed by atoms with Crippen LogP contribution in [0, 0.1) is 11.8 Å². The molecule has 0 aliphatic heterocycles. The van der Waals surface area contributed by atoms with Gasteiger partial charge in [-0.15, -0.1) is 11.6 Å². The average Bonchev–Trinajstić information content (AvgIpc) is 2.65. The Morgan fingerprint density at radius 1 is 0.947 bits per heavy atom. The zero-order chi connectivity index (χ0) is 13.5. The molecule has 2 aliphatic rings. The van der Waals surface area contributed by atoms with E-state index in [0.717, 1.165) is 25.8 Å². The van der Waals surface area contributed by atoms with Crippen LogP contribution in [0.4, 0.5) is 0 Å². The first-order valence-electron chi connectivity index (χ1n) is 8.15. The minimum Gasteiger partial charge on any atom is -0.356 e. The lowest BCUT2D eigenvalue weighted by Gasteiger charge is -2.25. The molecule has 1 amide bonds. The van der Waals surface area contributed by atoms with Crippen molar-refractivity contribution in [3.63, 3.8) is 0 Å². The van der Waals surface area contributed by atoms with Crippen molar-refractivity contribution in [1.29, 1.82) is 0 Å². The first-order chi connectivity index (χ1) is 9.24. The number of nitrogens with one attached hydrogen (secondary N) is 1. The molecule has 0 bridgehead atoms. The molecule has 19 heavy (non-hydrogen) atoms. The molecular formula is C16H28ClNO. The molecule has 0 aromatic carbocycles. The number of carbonyl (C=O) groups excluding carboxylic acids is 1. The molecular weight excluding hydrogens is 258 g/mol. The Morgan fingerprint density at radius 2 is 1.63 bits per heavy atom. The summed E-state index contributed by atoms with van der Waals surface area (Å²) in [4.78, 5) is 12.0. The summed E-state index contributed by atoms with van der Waals surface area (Å²) in [5.41, 5.74) is 0. The van der Waals surface area contributed by atoms with Crippen molar-refractivity contribution in [2.75, 3.05) is 6.54 Å². The highest BCUT2D eigenvalue weighted by atomic mass is 35.5. The standard InChI is InChI=1S/C16H28ClNO/c17-15-9-5-8-14(10-15)12-18-16(19)11-13-6-3-1-2-4-7-13/h13-15H,1-12H2,(H,18,19). The Morgan fingerprint density at radius 3 is 2.32 bits per heavy atom. The normalized spacial score (nSPS) is 29.7. The second-order valence-electron chi connectivity index (χ2n) is 6.50. The maximum atomic E-state index is 12.0. The van der Waals surface area contributed by atoms with Crippen LogP contribution >= 0.6 is 11.6 Å². The van der Waals surface area contributed by atoms with Crippen LogP contribution in [0.2, 0.25) is 0 Å². The SMILES string of the molecule is O=C(CC1CCCCCC1)NCC1CCCC(Cl)C1. The molecule has 110 valence electrons. The van der Waals surface area contributed by atoms with Crippen molar-refractivity contribution in [2.24, 2.45) is 11.8 Å². The smallest absolute Gasteiger partial charge is 0.220 e. The Bertz CT molecular complexity index is 274. The van der Waals surface area contributed by atoms with Crippen molar-refractivity contribution in [3.05, 3.63) is 0 Å². The highest BCUT2D eigenvalue weighted by Gasteiger charge is 2.21. The van der Waals surface area contributed by atoms with Crippen LogP contribution in [0.3, 0.4) is 0 Å². The minimum absolute atomic E-state index is 0.267. The summed E-state index contributed by atoms with van der Waals surface area (Å²) in [6, 6.07) is 0. The molecule has 0 radical (unpaired) electrons. The van der Waals surface area contributed by atoms with Crippen LogP contribution in [-0.2, 0) is 4.79 Å². The van der Waals surface area contributed by atoms with E-state index in [-0.39, 0.29) is 5.91 Å². The third-order valence-electron chi connectivity index (χ3n) is 4.76. The van der Waals surface area contributed by atoms with Gasteiger partial charge in [0.15, 0.2) is 0 Å². The molecule has 0 heterocycles. The van der Waals surface area contributed by atoms with Crippen molar-refractivity contribution in [3.8, 4) is 0 Å². The van der Waals surface area contributed by atoms with Crippen molar-refractivity contribution in [1.82, 2.24) is 5.32 Å². The minimum atomic E-state index is 0.267. The summed E-state index contributed by atoms with van der Waals surface area (Å²) < 4.78 is 0. The number of rotatable bonds is 4. The Kier molecular flexibility index (Phi) is 6.49. The molecule has 2 nitrogen and oxygen atoms in total. The predicted molar refractivity (Wildman–Crippen MR) is 80.4 cm³/mol. The van der Waals surface area contributed by atoms with Crippen LogP contribution in [0.5, 0.6) is 0 Å². The fourth-order valence-corrected chi connectivity index (χ4v) is 3.98. The summed E-state index contributed by atoms with van der Waals surface area (Å²) >= 11 is 6.19. The molecule has 2 rings (SSSR count). The van der Waals surface area contributed by atoms with Gasteiger partial charge >= 0.3 is 0 Å². The van der Waals surface area contributed by atoms with E-state index in [2.05, 4.69) is 5.32 Å². The maximum Gasteiger partial charge on any atom is 0.220 e. The number of hydrogen-bond donors (Lipinski definition) is 1. The maximum absolute atomic E-state index is 12.0. The zero-order valence-electron chi connectivity index (χ0n) is 12.0. The van der Waals surface area contributed by atoms with Gasteiger partial charge in [0.1, 0.15) is 0 Å². The van der Waals surface area contributed by atoms with Gasteiger partial charge in [0.05, 0.1) is 0 Å². The van der Waals surface area contributed by atoms with Crippen LogP contribution in [0.15, 0.2) is 0 Å². The molecule has 0 aromatic heterocycles. The van der Waals surface area contributed by atoms with Gasteiger partial charge < -0.3 is 5.32 Å². The van der Waals surface area contributed by atoms with Crippen LogP contribution in [0.1, 0.15) is 70.6 Å². The molecule has 2 saturated carbocycles. The van der Waals surface area contributed by atoms with Gasteiger partial charge in [-0.2, -0.15) is 0 Å². The van der Waals surface area contributed by atoms with E-state index in [0.29, 0.717) is 17.2 Å². The van der Waals surface area contributed by atoms with Gasteiger partial charge in [-0.25, -0.2) is 0 Å². The lowest BCUT2D eigenvalue weighted by Crippen LogP contribution is -2.33. The number of carbonyl (C=O) groups is 1. The molecule has 2 unspecified atom stereocenters. The summed E-state index contributed by atoms with van der Waals surface area (Å²) in [5, 5.41) is 3.47. The zero-order valence-corrected chi connectivity index (χ0v) is 12.8. The van der Waals surface area contributed by atoms with Gasteiger partial charge in [-0.05, 0) is 43.9 Å². The van der Waals surface area contributed by atoms with Crippen molar-refractivity contribution >= 4 is 17.5 Å². The topological polar surface area (TPSA) is 29.1 Å². The molecule has 0 spiro atoms. The molecule has 3 heteroatoms. The molecule has 1 N–H and O–H groups in total. The van der Waals surface area contributed by atoms with E-state index in [1.54, 1.807) is 0 Å². The van der Waals surface area contributed by atoms with E-state index in [1.165, 1.54) is 51.4 Å². The van der Waals surface area contributed by atoms with Crippen LogP contribution in [-0.4, -0.2) is 17.8 Å². The summed E-state index contributed by atoms with van der Waals surface area (Å²) in [5.74, 6) is 1.51. The fraction of sp³-hybridized carbons (Fsp3) is 0.938. The van der Waals surface area contributed by atoms with E-state index in [4.69, 9.17) is 11.6 Å². The molecule has 0 aromatic rings. The number of halogens is 1. The number of alkyl halides is 1. The predicted octanol–water partition coefficient (Wildman–Crippen LogP) is 4.26. The number of amides is 1. The number of hydrogen-bond acceptors (Lipinski definition) is 1. The van der Waals surface area contributed by atoms with E-state index >= 15 is 0 Å². The lowest BCUT2D eigenvalue weighted by molar-refractivity contribution is -0.122. The molecule has 2 atom stereocenters. The van der Waals surface area contributed by atoms with Gasteiger partial charge in [0, 0.05) is 18.3 Å². The molecule has 2 fully saturated rings. The second-order valence-corrected chi connectivity index (χ2v) is 7.11. The van der Waals surface area contributed by atoms with E-state index in [1.807, 2.05) is 0 Å². The van der Waals surface area contributed by atoms with Gasteiger partial charge in [-0.3, -0.25) is 4.79 Å². The van der Waals surface area contributed by atoms with Gasteiger partial charge in [0.25, 0.3) is 0 Å². The summed E-state index contributed by atoms with van der Waals surface area (Å²) in [6.07, 6.45) is 13.3. The first-order valence-corrected chi connectivity index (χ1v) is 8.58. The Balaban J connectivity index is 1.63. The van der Waals surface area contributed by atoms with Crippen LogP contribution < -0.4 is 5.32 Å². The third kappa shape index (κ3) is 5.72.